The summed E-state index contributed by atoms with van der Waals surface area (Å²) in [4.78, 5) is 2.56. The van der Waals surface area contributed by atoms with Crippen molar-refractivity contribution < 1.29 is 0 Å². The van der Waals surface area contributed by atoms with Crippen LogP contribution in [0.1, 0.15) is 168 Å². The smallest absolute Gasteiger partial charge is 0.00218 e. The third kappa shape index (κ3) is 32.9. The van der Waals surface area contributed by atoms with Crippen molar-refractivity contribution in [1.82, 2.24) is 4.90 Å². The second-order valence-corrected chi connectivity index (χ2v) is 11.5. The van der Waals surface area contributed by atoms with E-state index in [4.69, 9.17) is 0 Å². The average Bonchev–Trinajstić information content (AvgIpc) is 2.92. The molecular weight excluding hydrogens is 458 g/mol. The number of unbranched alkanes of at least 4 members (excludes halogenated alkanes) is 18. The Balaban J connectivity index is 3.29. The molecule has 1 nitrogen and oxygen atoms in total. The van der Waals surface area contributed by atoms with Crippen LogP contribution in [0.5, 0.6) is 0 Å². The first-order valence-corrected chi connectivity index (χ1v) is 17.1. The molecule has 0 aliphatic rings. The predicted octanol–water partition coefficient (Wildman–Crippen LogP) is 12.5. The SMILES string of the molecule is CCCCCC=CCC=CCCCCCCCCN(C)CCCCCCCCC=CCC=CCCCCC. The molecule has 0 atom stereocenters. The van der Waals surface area contributed by atoms with Gasteiger partial charge in [-0.2, -0.15) is 0 Å². The molecule has 0 radical (unpaired) electrons. The van der Waals surface area contributed by atoms with Crippen molar-refractivity contribution in [1.29, 1.82) is 0 Å². The van der Waals surface area contributed by atoms with Crippen LogP contribution in [0.15, 0.2) is 48.6 Å². The molecule has 0 spiro atoms. The van der Waals surface area contributed by atoms with E-state index in [0.717, 1.165) is 12.8 Å². The molecule has 0 aromatic heterocycles. The molecule has 0 aliphatic carbocycles. The van der Waals surface area contributed by atoms with Crippen LogP contribution in [0.4, 0.5) is 0 Å². The second-order valence-electron chi connectivity index (χ2n) is 11.5. The van der Waals surface area contributed by atoms with Gasteiger partial charge in [0.15, 0.2) is 0 Å². The van der Waals surface area contributed by atoms with Gasteiger partial charge < -0.3 is 4.90 Å². The van der Waals surface area contributed by atoms with Gasteiger partial charge in [0.25, 0.3) is 0 Å². The minimum Gasteiger partial charge on any atom is -0.306 e. The Morgan fingerprint density at radius 3 is 0.974 bits per heavy atom. The van der Waals surface area contributed by atoms with Crippen LogP contribution in [0.25, 0.3) is 0 Å². The van der Waals surface area contributed by atoms with E-state index in [0.29, 0.717) is 0 Å². The fraction of sp³-hybridized carbons (Fsp3) is 0.784. The maximum Gasteiger partial charge on any atom is -0.00218 e. The minimum atomic E-state index is 1.12. The fourth-order valence-electron chi connectivity index (χ4n) is 4.85. The van der Waals surface area contributed by atoms with Crippen molar-refractivity contribution in [2.24, 2.45) is 0 Å². The number of rotatable bonds is 30. The molecule has 38 heavy (non-hydrogen) atoms. The lowest BCUT2D eigenvalue weighted by molar-refractivity contribution is 0.314. The summed E-state index contributed by atoms with van der Waals surface area (Å²) in [6.07, 6.45) is 51.0. The molecule has 0 fully saturated rings. The number of hydrogen-bond donors (Lipinski definition) is 0. The topological polar surface area (TPSA) is 3.24 Å². The Morgan fingerprint density at radius 1 is 0.342 bits per heavy atom. The average molecular weight is 528 g/mol. The van der Waals surface area contributed by atoms with Gasteiger partial charge in [-0.1, -0.05) is 140 Å². The van der Waals surface area contributed by atoms with Crippen molar-refractivity contribution in [3.05, 3.63) is 48.6 Å². The summed E-state index contributed by atoms with van der Waals surface area (Å²) in [7, 11) is 2.32. The maximum atomic E-state index is 2.56. The van der Waals surface area contributed by atoms with Crippen LogP contribution in [0.3, 0.4) is 0 Å². The van der Waals surface area contributed by atoms with E-state index in [1.54, 1.807) is 0 Å². The van der Waals surface area contributed by atoms with E-state index in [2.05, 4.69) is 74.4 Å². The molecule has 0 aromatic rings. The molecular formula is C37H69N. The van der Waals surface area contributed by atoms with Crippen molar-refractivity contribution >= 4 is 0 Å². The van der Waals surface area contributed by atoms with E-state index in [1.807, 2.05) is 0 Å². The van der Waals surface area contributed by atoms with Gasteiger partial charge in [-0.25, -0.2) is 0 Å². The van der Waals surface area contributed by atoms with Gasteiger partial charge in [-0.05, 0) is 97.2 Å². The van der Waals surface area contributed by atoms with Gasteiger partial charge in [0, 0.05) is 0 Å². The molecule has 0 bridgehead atoms. The van der Waals surface area contributed by atoms with Crippen LogP contribution in [0, 0.1) is 0 Å². The van der Waals surface area contributed by atoms with Crippen molar-refractivity contribution in [3.8, 4) is 0 Å². The zero-order valence-electron chi connectivity index (χ0n) is 26.5. The highest BCUT2D eigenvalue weighted by atomic mass is 15.1. The Morgan fingerprint density at radius 2 is 0.632 bits per heavy atom. The monoisotopic (exact) mass is 528 g/mol. The van der Waals surface area contributed by atoms with E-state index in [1.165, 1.54) is 154 Å². The Hall–Kier alpha value is -1.08. The third-order valence-electron chi connectivity index (χ3n) is 7.48. The summed E-state index contributed by atoms with van der Waals surface area (Å²) >= 11 is 0. The Labute approximate surface area is 241 Å². The molecule has 0 saturated heterocycles. The molecule has 0 aliphatic heterocycles. The van der Waals surface area contributed by atoms with Gasteiger partial charge in [0.1, 0.15) is 0 Å². The first kappa shape index (κ1) is 36.9. The van der Waals surface area contributed by atoms with E-state index < -0.39 is 0 Å². The van der Waals surface area contributed by atoms with Gasteiger partial charge >= 0.3 is 0 Å². The number of allylic oxidation sites excluding steroid dienone is 8. The second kappa shape index (κ2) is 33.9. The number of hydrogen-bond acceptors (Lipinski definition) is 1. The maximum absolute atomic E-state index is 2.56. The Bertz CT molecular complexity index is 493. The number of nitrogens with zero attached hydrogens (tertiary/aromatic N) is 1. The molecule has 0 aromatic carbocycles. The third-order valence-corrected chi connectivity index (χ3v) is 7.48. The standard InChI is InChI=1S/C37H69N/c1-4-6-8-10-12-14-16-18-20-22-24-26-28-30-32-34-36-38(3)37-35-33-31-29-27-25-23-21-19-17-15-13-11-9-7-5-2/h12-15,18-21H,4-11,16-17,22-37H2,1-3H3. The highest BCUT2D eigenvalue weighted by molar-refractivity contribution is 4.93. The summed E-state index contributed by atoms with van der Waals surface area (Å²) in [5.74, 6) is 0. The largest absolute Gasteiger partial charge is 0.306 e. The normalized spacial score (nSPS) is 12.5. The first-order chi connectivity index (χ1) is 18.8. The molecule has 0 saturated carbocycles. The fourth-order valence-corrected chi connectivity index (χ4v) is 4.85. The molecule has 0 N–H and O–H groups in total. The predicted molar refractivity (Wildman–Crippen MR) is 176 cm³/mol. The molecule has 222 valence electrons. The molecule has 0 amide bonds. The summed E-state index contributed by atoms with van der Waals surface area (Å²) in [5, 5.41) is 0. The van der Waals surface area contributed by atoms with Crippen molar-refractivity contribution in [2.75, 3.05) is 20.1 Å². The Kier molecular flexibility index (Phi) is 33.0. The summed E-state index contributed by atoms with van der Waals surface area (Å²) in [6.45, 7) is 7.11. The summed E-state index contributed by atoms with van der Waals surface area (Å²) in [6, 6.07) is 0. The van der Waals surface area contributed by atoms with Gasteiger partial charge in [0.05, 0.1) is 0 Å². The molecule has 0 rings (SSSR count). The highest BCUT2D eigenvalue weighted by Gasteiger charge is 1.99. The zero-order chi connectivity index (χ0) is 27.6. The van der Waals surface area contributed by atoms with E-state index in [-0.39, 0.29) is 0 Å². The minimum absolute atomic E-state index is 1.12. The quantitative estimate of drug-likeness (QED) is 0.0663. The zero-order valence-corrected chi connectivity index (χ0v) is 26.5. The van der Waals surface area contributed by atoms with Crippen molar-refractivity contribution in [3.63, 3.8) is 0 Å². The van der Waals surface area contributed by atoms with E-state index in [9.17, 15) is 0 Å². The van der Waals surface area contributed by atoms with Crippen LogP contribution >= 0.6 is 0 Å². The lowest BCUT2D eigenvalue weighted by Crippen LogP contribution is -2.20. The summed E-state index contributed by atoms with van der Waals surface area (Å²) < 4.78 is 0. The van der Waals surface area contributed by atoms with E-state index >= 15 is 0 Å². The van der Waals surface area contributed by atoms with Gasteiger partial charge in [0.2, 0.25) is 0 Å². The summed E-state index contributed by atoms with van der Waals surface area (Å²) in [5.41, 5.74) is 0. The van der Waals surface area contributed by atoms with Crippen LogP contribution in [-0.4, -0.2) is 25.0 Å². The lowest BCUT2D eigenvalue weighted by atomic mass is 10.1. The van der Waals surface area contributed by atoms with Crippen LogP contribution in [-0.2, 0) is 0 Å². The molecule has 1 heteroatoms. The first-order valence-electron chi connectivity index (χ1n) is 17.1. The van der Waals surface area contributed by atoms with Gasteiger partial charge in [-0.15, -0.1) is 0 Å². The molecule has 0 heterocycles. The van der Waals surface area contributed by atoms with Crippen molar-refractivity contribution in [2.45, 2.75) is 168 Å². The van der Waals surface area contributed by atoms with Gasteiger partial charge in [-0.3, -0.25) is 0 Å². The van der Waals surface area contributed by atoms with Crippen LogP contribution in [0.2, 0.25) is 0 Å². The van der Waals surface area contributed by atoms with Crippen LogP contribution < -0.4 is 0 Å². The molecule has 0 unspecified atom stereocenters. The highest BCUT2D eigenvalue weighted by Crippen LogP contribution is 2.11. The lowest BCUT2D eigenvalue weighted by Gasteiger charge is -2.16.